The van der Waals surface area contributed by atoms with Crippen LogP contribution in [0.4, 0.5) is 10.5 Å². The van der Waals surface area contributed by atoms with Crippen molar-refractivity contribution in [3.8, 4) is 0 Å². The molecule has 114 valence electrons. The van der Waals surface area contributed by atoms with Gasteiger partial charge >= 0.3 is 12.0 Å². The Morgan fingerprint density at radius 2 is 1.95 bits per heavy atom. The summed E-state index contributed by atoms with van der Waals surface area (Å²) in [5, 5.41) is 11.6. The zero-order chi connectivity index (χ0) is 15.2. The third kappa shape index (κ3) is 4.77. The van der Waals surface area contributed by atoms with Crippen LogP contribution in [0.5, 0.6) is 0 Å². The summed E-state index contributed by atoms with van der Waals surface area (Å²) in [6, 6.07) is 7.30. The van der Waals surface area contributed by atoms with Crippen LogP contribution in [0, 0.1) is 0 Å². The van der Waals surface area contributed by atoms with Crippen molar-refractivity contribution >= 4 is 17.7 Å². The molecule has 0 saturated heterocycles. The number of nitrogens with zero attached hydrogens (tertiary/aromatic N) is 1. The van der Waals surface area contributed by atoms with Gasteiger partial charge in [0.1, 0.15) is 0 Å². The van der Waals surface area contributed by atoms with Crippen LogP contribution < -0.4 is 5.32 Å². The van der Waals surface area contributed by atoms with Crippen LogP contribution >= 0.6 is 0 Å². The quantitative estimate of drug-likeness (QED) is 0.810. The van der Waals surface area contributed by atoms with Gasteiger partial charge in [0.2, 0.25) is 0 Å². The summed E-state index contributed by atoms with van der Waals surface area (Å²) in [7, 11) is 0. The van der Waals surface area contributed by atoms with Crippen molar-refractivity contribution in [1.82, 2.24) is 4.90 Å². The summed E-state index contributed by atoms with van der Waals surface area (Å²) in [6.07, 6.45) is 4.27. The molecule has 0 bridgehead atoms. The van der Waals surface area contributed by atoms with E-state index in [1.54, 1.807) is 24.3 Å². The van der Waals surface area contributed by atoms with Crippen molar-refractivity contribution < 1.29 is 14.7 Å². The van der Waals surface area contributed by atoms with E-state index in [0.717, 1.165) is 37.8 Å². The maximum Gasteiger partial charge on any atom is 0.322 e. The molecule has 1 aromatic rings. The normalized spacial score (nSPS) is 13.8. The Morgan fingerprint density at radius 3 is 2.48 bits per heavy atom. The van der Waals surface area contributed by atoms with Crippen molar-refractivity contribution in [3.05, 3.63) is 29.8 Å². The van der Waals surface area contributed by atoms with Gasteiger partial charge in [-0.25, -0.2) is 4.79 Å². The monoisotopic (exact) mass is 290 g/mol. The van der Waals surface area contributed by atoms with Crippen LogP contribution in [-0.4, -0.2) is 34.6 Å². The summed E-state index contributed by atoms with van der Waals surface area (Å²) in [6.45, 7) is 2.91. The maximum atomic E-state index is 12.3. The summed E-state index contributed by atoms with van der Waals surface area (Å²) < 4.78 is 0. The molecule has 5 heteroatoms. The first-order valence-electron chi connectivity index (χ1n) is 7.48. The van der Waals surface area contributed by atoms with Gasteiger partial charge < -0.3 is 15.3 Å². The van der Waals surface area contributed by atoms with E-state index < -0.39 is 5.97 Å². The SMILES string of the molecule is CCCCN(C(=O)Nc1ccc(CC(=O)O)cc1)C1CC1. The highest BCUT2D eigenvalue weighted by Gasteiger charge is 2.32. The first-order valence-corrected chi connectivity index (χ1v) is 7.48. The molecule has 0 heterocycles. The number of benzene rings is 1. The molecule has 2 amide bonds. The number of carboxylic acids is 1. The second-order valence-corrected chi connectivity index (χ2v) is 5.48. The molecule has 1 aliphatic rings. The fraction of sp³-hybridized carbons (Fsp3) is 0.500. The van der Waals surface area contributed by atoms with E-state index >= 15 is 0 Å². The van der Waals surface area contributed by atoms with Crippen molar-refractivity contribution in [2.24, 2.45) is 0 Å². The Labute approximate surface area is 125 Å². The lowest BCUT2D eigenvalue weighted by molar-refractivity contribution is -0.136. The minimum absolute atomic E-state index is 0.00107. The van der Waals surface area contributed by atoms with Crippen molar-refractivity contribution in [2.45, 2.75) is 45.1 Å². The average Bonchev–Trinajstić information content (AvgIpc) is 3.25. The molecule has 1 saturated carbocycles. The van der Waals surface area contributed by atoms with Gasteiger partial charge in [0.05, 0.1) is 6.42 Å². The second kappa shape index (κ2) is 7.11. The zero-order valence-corrected chi connectivity index (χ0v) is 12.3. The number of rotatable bonds is 7. The number of amides is 2. The molecule has 0 aliphatic heterocycles. The second-order valence-electron chi connectivity index (χ2n) is 5.48. The number of anilines is 1. The Bertz CT molecular complexity index is 495. The van der Waals surface area contributed by atoms with Crippen LogP contribution in [-0.2, 0) is 11.2 Å². The van der Waals surface area contributed by atoms with Gasteiger partial charge in [-0.1, -0.05) is 25.5 Å². The lowest BCUT2D eigenvalue weighted by Crippen LogP contribution is -2.37. The smallest absolute Gasteiger partial charge is 0.322 e. The van der Waals surface area contributed by atoms with Crippen LogP contribution in [0.2, 0.25) is 0 Å². The summed E-state index contributed by atoms with van der Waals surface area (Å²) in [5.74, 6) is -0.855. The third-order valence-electron chi connectivity index (χ3n) is 3.56. The predicted octanol–water partition coefficient (Wildman–Crippen LogP) is 3.11. The highest BCUT2D eigenvalue weighted by Crippen LogP contribution is 2.27. The maximum absolute atomic E-state index is 12.3. The molecule has 0 atom stereocenters. The van der Waals surface area contributed by atoms with Gasteiger partial charge in [0.15, 0.2) is 0 Å². The number of nitrogens with one attached hydrogen (secondary N) is 1. The molecule has 0 spiro atoms. The van der Waals surface area contributed by atoms with Crippen molar-refractivity contribution in [1.29, 1.82) is 0 Å². The molecule has 2 N–H and O–H groups in total. The molecule has 1 aromatic carbocycles. The predicted molar refractivity (Wildman–Crippen MR) is 81.4 cm³/mol. The number of hydrogen-bond donors (Lipinski definition) is 2. The largest absolute Gasteiger partial charge is 0.481 e. The Morgan fingerprint density at radius 1 is 1.29 bits per heavy atom. The van der Waals surface area contributed by atoms with Gasteiger partial charge in [0, 0.05) is 18.3 Å². The van der Waals surface area contributed by atoms with Crippen molar-refractivity contribution in [3.63, 3.8) is 0 Å². The van der Waals surface area contributed by atoms with E-state index in [2.05, 4.69) is 12.2 Å². The van der Waals surface area contributed by atoms with Crippen molar-refractivity contribution in [2.75, 3.05) is 11.9 Å². The molecule has 0 aromatic heterocycles. The van der Waals surface area contributed by atoms with E-state index in [1.165, 1.54) is 0 Å². The van der Waals surface area contributed by atoms with E-state index in [1.807, 2.05) is 4.90 Å². The standard InChI is InChI=1S/C16H22N2O3/c1-2-3-10-18(14-8-9-14)16(21)17-13-6-4-12(5-7-13)11-15(19)20/h4-7,14H,2-3,8-11H2,1H3,(H,17,21)(H,19,20). The van der Waals surface area contributed by atoms with Crippen LogP contribution in [0.25, 0.3) is 0 Å². The molecule has 5 nitrogen and oxygen atoms in total. The Balaban J connectivity index is 1.92. The van der Waals surface area contributed by atoms with E-state index in [4.69, 9.17) is 5.11 Å². The van der Waals surface area contributed by atoms with E-state index in [-0.39, 0.29) is 12.5 Å². The minimum Gasteiger partial charge on any atom is -0.481 e. The summed E-state index contributed by atoms with van der Waals surface area (Å²) >= 11 is 0. The molecular weight excluding hydrogens is 268 g/mol. The van der Waals surface area contributed by atoms with Gasteiger partial charge in [-0.15, -0.1) is 0 Å². The summed E-state index contributed by atoms with van der Waals surface area (Å²) in [5.41, 5.74) is 1.43. The summed E-state index contributed by atoms with van der Waals surface area (Å²) in [4.78, 5) is 24.8. The molecule has 1 fully saturated rings. The van der Waals surface area contributed by atoms with Gasteiger partial charge in [-0.05, 0) is 37.0 Å². The van der Waals surface area contributed by atoms with Gasteiger partial charge in [-0.3, -0.25) is 4.79 Å². The Kier molecular flexibility index (Phi) is 5.20. The first-order chi connectivity index (χ1) is 10.1. The molecule has 0 unspecified atom stereocenters. The van der Waals surface area contributed by atoms with Gasteiger partial charge in [0.25, 0.3) is 0 Å². The molecule has 0 radical (unpaired) electrons. The fourth-order valence-electron chi connectivity index (χ4n) is 2.24. The van der Waals surface area contributed by atoms with Gasteiger partial charge in [-0.2, -0.15) is 0 Å². The number of urea groups is 1. The number of aliphatic carboxylic acids is 1. The number of carboxylic acid groups (broad SMARTS) is 1. The topological polar surface area (TPSA) is 69.6 Å². The number of hydrogen-bond acceptors (Lipinski definition) is 2. The van der Waals surface area contributed by atoms with Crippen LogP contribution in [0.15, 0.2) is 24.3 Å². The van der Waals surface area contributed by atoms with Crippen LogP contribution in [0.3, 0.4) is 0 Å². The molecule has 2 rings (SSSR count). The highest BCUT2D eigenvalue weighted by atomic mass is 16.4. The third-order valence-corrected chi connectivity index (χ3v) is 3.56. The first kappa shape index (κ1) is 15.4. The molecular formula is C16H22N2O3. The number of carbonyl (C=O) groups is 2. The lowest BCUT2D eigenvalue weighted by atomic mass is 10.1. The number of unbranched alkanes of at least 4 members (excludes halogenated alkanes) is 1. The Hall–Kier alpha value is -2.04. The highest BCUT2D eigenvalue weighted by molar-refractivity contribution is 5.89. The zero-order valence-electron chi connectivity index (χ0n) is 12.3. The van der Waals surface area contributed by atoms with E-state index in [0.29, 0.717) is 11.7 Å². The van der Waals surface area contributed by atoms with Crippen LogP contribution in [0.1, 0.15) is 38.2 Å². The van der Waals surface area contributed by atoms with E-state index in [9.17, 15) is 9.59 Å². The fourth-order valence-corrected chi connectivity index (χ4v) is 2.24. The molecule has 21 heavy (non-hydrogen) atoms. The average molecular weight is 290 g/mol. The molecule has 1 aliphatic carbocycles. The minimum atomic E-state index is -0.855. The number of carbonyl (C=O) groups excluding carboxylic acids is 1. The lowest BCUT2D eigenvalue weighted by Gasteiger charge is -2.22.